The predicted octanol–water partition coefficient (Wildman–Crippen LogP) is 4.74. The number of rotatable bonds is 6. The Kier molecular flexibility index (Phi) is 9.87. The number of benzene rings is 1. The van der Waals surface area contributed by atoms with Crippen LogP contribution in [0.3, 0.4) is 0 Å². The summed E-state index contributed by atoms with van der Waals surface area (Å²) in [7, 11) is 0. The number of aliphatic imine (C=N–C) groups is 1. The summed E-state index contributed by atoms with van der Waals surface area (Å²) in [6.07, 6.45) is 7.11. The Morgan fingerprint density at radius 3 is 3.00 bits per heavy atom. The van der Waals surface area contributed by atoms with Crippen LogP contribution in [-0.2, 0) is 6.54 Å². The molecule has 1 aromatic heterocycles. The standard InChI is InChI=1S/C19H26ClN5OS.HI/c1-3-21-19(23-15-8-5-9-16(11-15)27-2)22-12-17-24-18(25-26-17)13-6-4-7-14(20)10-13;/h4,6-7,10,15-16H,3,5,8-9,11-12H2,1-2H3,(H2,21,22,23);1H. The first-order valence-corrected chi connectivity index (χ1v) is 11.0. The van der Waals surface area contributed by atoms with Gasteiger partial charge in [-0.3, -0.25) is 0 Å². The quantitative estimate of drug-likeness (QED) is 0.316. The summed E-state index contributed by atoms with van der Waals surface area (Å²) in [6.45, 7) is 3.20. The Hall–Kier alpha value is -1.000. The fraction of sp³-hybridized carbons (Fsp3) is 0.526. The van der Waals surface area contributed by atoms with E-state index < -0.39 is 0 Å². The first kappa shape index (κ1) is 23.3. The van der Waals surface area contributed by atoms with Gasteiger partial charge < -0.3 is 15.2 Å². The molecule has 0 amide bonds. The summed E-state index contributed by atoms with van der Waals surface area (Å²) >= 11 is 7.99. The van der Waals surface area contributed by atoms with E-state index in [0.29, 0.717) is 29.3 Å². The van der Waals surface area contributed by atoms with Crippen LogP contribution in [0.2, 0.25) is 5.02 Å². The van der Waals surface area contributed by atoms with Crippen LogP contribution in [-0.4, -0.2) is 40.2 Å². The second kappa shape index (κ2) is 11.9. The van der Waals surface area contributed by atoms with Crippen LogP contribution in [0.1, 0.15) is 38.5 Å². The SMILES string of the molecule is CCNC(=NCc1nc(-c2cccc(Cl)c2)no1)NC1CCCC(SC)C1.I. The van der Waals surface area contributed by atoms with E-state index in [9.17, 15) is 0 Å². The maximum atomic E-state index is 6.03. The first-order valence-electron chi connectivity index (χ1n) is 9.34. The molecular formula is C19H27ClIN5OS. The smallest absolute Gasteiger partial charge is 0.248 e. The third-order valence-electron chi connectivity index (χ3n) is 4.57. The molecule has 1 heterocycles. The average molecular weight is 536 g/mol. The van der Waals surface area contributed by atoms with E-state index in [0.717, 1.165) is 23.3 Å². The van der Waals surface area contributed by atoms with Gasteiger partial charge in [-0.05, 0) is 44.6 Å². The molecule has 0 saturated heterocycles. The van der Waals surface area contributed by atoms with Crippen LogP contribution >= 0.6 is 47.3 Å². The maximum Gasteiger partial charge on any atom is 0.248 e. The zero-order valence-electron chi connectivity index (χ0n) is 16.2. The van der Waals surface area contributed by atoms with E-state index in [1.165, 1.54) is 25.7 Å². The van der Waals surface area contributed by atoms with Crippen molar-refractivity contribution < 1.29 is 4.52 Å². The van der Waals surface area contributed by atoms with E-state index in [1.807, 2.05) is 36.0 Å². The van der Waals surface area contributed by atoms with Gasteiger partial charge in [0.2, 0.25) is 11.7 Å². The van der Waals surface area contributed by atoms with E-state index in [-0.39, 0.29) is 24.0 Å². The van der Waals surface area contributed by atoms with Crippen molar-refractivity contribution in [2.45, 2.75) is 50.4 Å². The van der Waals surface area contributed by atoms with Gasteiger partial charge in [0.05, 0.1) is 0 Å². The third-order valence-corrected chi connectivity index (χ3v) is 5.90. The molecule has 2 N–H and O–H groups in total. The molecule has 0 bridgehead atoms. The molecule has 0 radical (unpaired) electrons. The van der Waals surface area contributed by atoms with Crippen molar-refractivity contribution in [1.82, 2.24) is 20.8 Å². The Labute approximate surface area is 192 Å². The van der Waals surface area contributed by atoms with Crippen molar-refractivity contribution in [2.75, 3.05) is 12.8 Å². The lowest BCUT2D eigenvalue weighted by Gasteiger charge is -2.29. The zero-order chi connectivity index (χ0) is 19.1. The van der Waals surface area contributed by atoms with Crippen LogP contribution < -0.4 is 10.6 Å². The van der Waals surface area contributed by atoms with Crippen LogP contribution in [0.25, 0.3) is 11.4 Å². The number of hydrogen-bond donors (Lipinski definition) is 2. The van der Waals surface area contributed by atoms with Gasteiger partial charge in [0, 0.05) is 28.4 Å². The van der Waals surface area contributed by atoms with Crippen molar-refractivity contribution in [1.29, 1.82) is 0 Å². The van der Waals surface area contributed by atoms with Crippen molar-refractivity contribution in [2.24, 2.45) is 4.99 Å². The molecule has 6 nitrogen and oxygen atoms in total. The van der Waals surface area contributed by atoms with Crippen LogP contribution in [0.15, 0.2) is 33.8 Å². The van der Waals surface area contributed by atoms with Gasteiger partial charge >= 0.3 is 0 Å². The monoisotopic (exact) mass is 535 g/mol. The number of guanidine groups is 1. The number of aromatic nitrogens is 2. The Balaban J connectivity index is 0.00000280. The average Bonchev–Trinajstić information content (AvgIpc) is 3.15. The molecule has 3 rings (SSSR count). The normalized spacial score (nSPS) is 19.8. The molecular weight excluding hydrogens is 509 g/mol. The highest BCUT2D eigenvalue weighted by molar-refractivity contribution is 14.0. The summed E-state index contributed by atoms with van der Waals surface area (Å²) in [4.78, 5) is 9.04. The number of nitrogens with one attached hydrogen (secondary N) is 2. The minimum Gasteiger partial charge on any atom is -0.357 e. The molecule has 1 aliphatic carbocycles. The minimum atomic E-state index is 0. The molecule has 154 valence electrons. The molecule has 2 atom stereocenters. The molecule has 1 saturated carbocycles. The molecule has 2 unspecified atom stereocenters. The van der Waals surface area contributed by atoms with Gasteiger partial charge in [-0.25, -0.2) is 4.99 Å². The highest BCUT2D eigenvalue weighted by Crippen LogP contribution is 2.26. The highest BCUT2D eigenvalue weighted by Gasteiger charge is 2.22. The third kappa shape index (κ3) is 6.81. The van der Waals surface area contributed by atoms with Gasteiger partial charge in [0.1, 0.15) is 6.54 Å². The summed E-state index contributed by atoms with van der Waals surface area (Å²) in [5.41, 5.74) is 0.830. The Morgan fingerprint density at radius 2 is 2.25 bits per heavy atom. The van der Waals surface area contributed by atoms with Crippen molar-refractivity contribution >= 4 is 53.3 Å². The summed E-state index contributed by atoms with van der Waals surface area (Å²) < 4.78 is 5.34. The van der Waals surface area contributed by atoms with Crippen LogP contribution in [0.4, 0.5) is 0 Å². The lowest BCUT2D eigenvalue weighted by atomic mass is 9.95. The predicted molar refractivity (Wildman–Crippen MR) is 128 cm³/mol. The number of halogens is 2. The second-order valence-corrected chi connectivity index (χ2v) is 8.16. The second-order valence-electron chi connectivity index (χ2n) is 6.58. The molecule has 1 aliphatic rings. The lowest BCUT2D eigenvalue weighted by Crippen LogP contribution is -2.45. The van der Waals surface area contributed by atoms with E-state index >= 15 is 0 Å². The van der Waals surface area contributed by atoms with E-state index in [4.69, 9.17) is 16.1 Å². The van der Waals surface area contributed by atoms with Gasteiger partial charge in [0.25, 0.3) is 0 Å². The molecule has 0 aliphatic heterocycles. The Morgan fingerprint density at radius 1 is 1.39 bits per heavy atom. The van der Waals surface area contributed by atoms with Gasteiger partial charge in [-0.1, -0.05) is 35.3 Å². The van der Waals surface area contributed by atoms with Gasteiger partial charge in [-0.15, -0.1) is 24.0 Å². The van der Waals surface area contributed by atoms with Gasteiger partial charge in [-0.2, -0.15) is 16.7 Å². The fourth-order valence-electron chi connectivity index (χ4n) is 3.21. The Bertz CT molecular complexity index is 772. The first-order chi connectivity index (χ1) is 13.2. The lowest BCUT2D eigenvalue weighted by molar-refractivity contribution is 0.380. The molecule has 0 spiro atoms. The topological polar surface area (TPSA) is 75.3 Å². The number of hydrogen-bond acceptors (Lipinski definition) is 5. The highest BCUT2D eigenvalue weighted by atomic mass is 127. The van der Waals surface area contributed by atoms with Crippen molar-refractivity contribution in [3.05, 3.63) is 35.2 Å². The molecule has 9 heteroatoms. The van der Waals surface area contributed by atoms with Gasteiger partial charge in [0.15, 0.2) is 5.96 Å². The number of nitrogens with zero attached hydrogens (tertiary/aromatic N) is 3. The van der Waals surface area contributed by atoms with E-state index in [2.05, 4.69) is 38.9 Å². The fourth-order valence-corrected chi connectivity index (χ4v) is 4.23. The largest absolute Gasteiger partial charge is 0.357 e. The van der Waals surface area contributed by atoms with Crippen molar-refractivity contribution in [3.63, 3.8) is 0 Å². The zero-order valence-corrected chi connectivity index (χ0v) is 20.1. The summed E-state index contributed by atoms with van der Waals surface area (Å²) in [5, 5.41) is 12.3. The van der Waals surface area contributed by atoms with E-state index in [1.54, 1.807) is 0 Å². The molecule has 1 fully saturated rings. The summed E-state index contributed by atoms with van der Waals surface area (Å²) in [6, 6.07) is 7.86. The molecule has 2 aromatic rings. The minimum absolute atomic E-state index is 0. The van der Waals surface area contributed by atoms with Crippen molar-refractivity contribution in [3.8, 4) is 11.4 Å². The molecule has 28 heavy (non-hydrogen) atoms. The van der Waals surface area contributed by atoms with Crippen LogP contribution in [0, 0.1) is 0 Å². The molecule has 1 aromatic carbocycles. The summed E-state index contributed by atoms with van der Waals surface area (Å²) in [5.74, 6) is 1.80. The number of thioether (sulfide) groups is 1. The van der Waals surface area contributed by atoms with Crippen LogP contribution in [0.5, 0.6) is 0 Å². The maximum absolute atomic E-state index is 6.03.